The van der Waals surface area contributed by atoms with Gasteiger partial charge in [-0.25, -0.2) is 9.18 Å². The molecule has 0 fully saturated rings. The van der Waals surface area contributed by atoms with Crippen molar-refractivity contribution in [2.24, 2.45) is 0 Å². The highest BCUT2D eigenvalue weighted by atomic mass is 19.1. The van der Waals surface area contributed by atoms with E-state index < -0.39 is 23.5 Å². The number of ether oxygens (including phenoxy) is 1. The standard InChI is InChI=1S/C19H18FN3O4/c1-11-4-9-16(26-3)15(10-11)21-17(24)12(2)23-19(25)27-18(22-23)13-5-7-14(20)8-6-13/h4-10,12H,1-3H3,(H,21,24). The molecule has 0 saturated carbocycles. The van der Waals surface area contributed by atoms with Crippen LogP contribution in [-0.4, -0.2) is 22.8 Å². The summed E-state index contributed by atoms with van der Waals surface area (Å²) < 4.78 is 24.3. The Morgan fingerprint density at radius 1 is 1.26 bits per heavy atom. The van der Waals surface area contributed by atoms with Crippen LogP contribution in [0.2, 0.25) is 0 Å². The van der Waals surface area contributed by atoms with Crippen LogP contribution < -0.4 is 15.8 Å². The molecule has 1 N–H and O–H groups in total. The van der Waals surface area contributed by atoms with E-state index in [9.17, 15) is 14.0 Å². The zero-order chi connectivity index (χ0) is 19.6. The smallest absolute Gasteiger partial charge is 0.438 e. The Hall–Kier alpha value is -3.42. The van der Waals surface area contributed by atoms with Gasteiger partial charge in [-0.2, -0.15) is 4.68 Å². The molecule has 1 unspecified atom stereocenters. The lowest BCUT2D eigenvalue weighted by atomic mass is 10.2. The number of nitrogens with one attached hydrogen (secondary N) is 1. The van der Waals surface area contributed by atoms with E-state index >= 15 is 0 Å². The SMILES string of the molecule is COc1ccc(C)cc1NC(=O)C(C)n1nc(-c2ccc(F)cc2)oc1=O. The predicted molar refractivity (Wildman–Crippen MR) is 97.2 cm³/mol. The maximum atomic E-state index is 13.0. The number of amides is 1. The molecule has 0 radical (unpaired) electrons. The van der Waals surface area contributed by atoms with Crippen LogP contribution in [0, 0.1) is 12.7 Å². The normalized spacial score (nSPS) is 11.9. The molecule has 3 aromatic rings. The van der Waals surface area contributed by atoms with Gasteiger partial charge < -0.3 is 14.5 Å². The molecule has 0 aliphatic carbocycles. The summed E-state index contributed by atoms with van der Waals surface area (Å²) in [6.07, 6.45) is 0. The average molecular weight is 371 g/mol. The Bertz CT molecular complexity index is 1020. The fourth-order valence-corrected chi connectivity index (χ4v) is 2.51. The van der Waals surface area contributed by atoms with Crippen molar-refractivity contribution in [2.45, 2.75) is 19.9 Å². The minimum Gasteiger partial charge on any atom is -0.495 e. The van der Waals surface area contributed by atoms with Gasteiger partial charge in [-0.1, -0.05) is 6.07 Å². The molecular formula is C19H18FN3O4. The van der Waals surface area contributed by atoms with E-state index in [4.69, 9.17) is 9.15 Å². The van der Waals surface area contributed by atoms with Crippen LogP contribution in [0.5, 0.6) is 5.75 Å². The maximum absolute atomic E-state index is 13.0. The third-order valence-corrected chi connectivity index (χ3v) is 4.02. The number of hydrogen-bond acceptors (Lipinski definition) is 5. The molecule has 7 nitrogen and oxygen atoms in total. The van der Waals surface area contributed by atoms with Gasteiger partial charge in [-0.3, -0.25) is 4.79 Å². The van der Waals surface area contributed by atoms with E-state index in [1.165, 1.54) is 38.3 Å². The number of carbonyl (C=O) groups excluding carboxylic acids is 1. The number of anilines is 1. The average Bonchev–Trinajstić information content (AvgIpc) is 3.03. The second kappa shape index (κ2) is 7.45. The first-order valence-corrected chi connectivity index (χ1v) is 8.20. The van der Waals surface area contributed by atoms with E-state index in [2.05, 4.69) is 10.4 Å². The van der Waals surface area contributed by atoms with Crippen LogP contribution >= 0.6 is 0 Å². The summed E-state index contributed by atoms with van der Waals surface area (Å²) in [7, 11) is 1.50. The first-order valence-electron chi connectivity index (χ1n) is 8.20. The summed E-state index contributed by atoms with van der Waals surface area (Å²) in [4.78, 5) is 24.7. The highest BCUT2D eigenvalue weighted by Gasteiger charge is 2.22. The number of aromatic nitrogens is 2. The van der Waals surface area contributed by atoms with E-state index in [0.717, 1.165) is 10.2 Å². The highest BCUT2D eigenvalue weighted by molar-refractivity contribution is 5.94. The Kier molecular flexibility index (Phi) is 5.07. The fraction of sp³-hybridized carbons (Fsp3) is 0.211. The molecule has 1 atom stereocenters. The van der Waals surface area contributed by atoms with Crippen molar-refractivity contribution in [2.75, 3.05) is 12.4 Å². The summed E-state index contributed by atoms with van der Waals surface area (Å²) in [6.45, 7) is 3.41. The first kappa shape index (κ1) is 18.4. The Balaban J connectivity index is 1.84. The number of hydrogen-bond donors (Lipinski definition) is 1. The van der Waals surface area contributed by atoms with Crippen LogP contribution in [0.15, 0.2) is 51.7 Å². The molecule has 0 saturated heterocycles. The van der Waals surface area contributed by atoms with Crippen molar-refractivity contribution in [3.8, 4) is 17.2 Å². The number of halogens is 1. The number of rotatable bonds is 5. The van der Waals surface area contributed by atoms with Gasteiger partial charge in [0.15, 0.2) is 0 Å². The highest BCUT2D eigenvalue weighted by Crippen LogP contribution is 2.26. The molecule has 140 valence electrons. The minimum absolute atomic E-state index is 0.00721. The summed E-state index contributed by atoms with van der Waals surface area (Å²) in [5.41, 5.74) is 1.86. The monoisotopic (exact) mass is 371 g/mol. The van der Waals surface area contributed by atoms with Crippen molar-refractivity contribution in [1.82, 2.24) is 9.78 Å². The number of carbonyl (C=O) groups is 1. The van der Waals surface area contributed by atoms with Gasteiger partial charge in [0.25, 0.3) is 0 Å². The van der Waals surface area contributed by atoms with Gasteiger partial charge in [-0.15, -0.1) is 5.10 Å². The molecule has 0 spiro atoms. The number of methoxy groups -OCH3 is 1. The molecule has 3 rings (SSSR count). The first-order chi connectivity index (χ1) is 12.9. The van der Waals surface area contributed by atoms with Crippen LogP contribution in [0.4, 0.5) is 10.1 Å². The second-order valence-corrected chi connectivity index (χ2v) is 5.99. The lowest BCUT2D eigenvalue weighted by Gasteiger charge is -2.14. The number of nitrogens with zero attached hydrogens (tertiary/aromatic N) is 2. The fourth-order valence-electron chi connectivity index (χ4n) is 2.51. The Labute approximate surface area is 154 Å². The van der Waals surface area contributed by atoms with Gasteiger partial charge in [0.2, 0.25) is 11.8 Å². The van der Waals surface area contributed by atoms with Crippen molar-refractivity contribution in [1.29, 1.82) is 0 Å². The van der Waals surface area contributed by atoms with Crippen LogP contribution in [-0.2, 0) is 4.79 Å². The minimum atomic E-state index is -0.930. The molecule has 0 aliphatic rings. The van der Waals surface area contributed by atoms with Crippen molar-refractivity contribution in [3.05, 3.63) is 64.4 Å². The lowest BCUT2D eigenvalue weighted by Crippen LogP contribution is -2.30. The third-order valence-electron chi connectivity index (χ3n) is 4.02. The maximum Gasteiger partial charge on any atom is 0.438 e. The van der Waals surface area contributed by atoms with Gasteiger partial charge >= 0.3 is 5.76 Å². The van der Waals surface area contributed by atoms with E-state index in [1.807, 2.05) is 13.0 Å². The van der Waals surface area contributed by atoms with Gasteiger partial charge in [-0.05, 0) is 55.8 Å². The molecule has 27 heavy (non-hydrogen) atoms. The topological polar surface area (TPSA) is 86.4 Å². The quantitative estimate of drug-likeness (QED) is 0.744. The number of benzene rings is 2. The molecule has 0 bridgehead atoms. The van der Waals surface area contributed by atoms with Gasteiger partial charge in [0, 0.05) is 5.56 Å². The van der Waals surface area contributed by atoms with Crippen LogP contribution in [0.1, 0.15) is 18.5 Å². The molecule has 1 amide bonds. The molecule has 2 aromatic carbocycles. The molecule has 0 aliphatic heterocycles. The Morgan fingerprint density at radius 3 is 2.63 bits per heavy atom. The summed E-state index contributed by atoms with van der Waals surface area (Å²) in [5.74, 6) is -1.15. The van der Waals surface area contributed by atoms with E-state index in [0.29, 0.717) is 17.0 Å². The van der Waals surface area contributed by atoms with E-state index in [-0.39, 0.29) is 5.89 Å². The van der Waals surface area contributed by atoms with Crippen molar-refractivity contribution in [3.63, 3.8) is 0 Å². The molecule has 1 heterocycles. The van der Waals surface area contributed by atoms with Crippen molar-refractivity contribution >= 4 is 11.6 Å². The van der Waals surface area contributed by atoms with E-state index in [1.54, 1.807) is 12.1 Å². The van der Waals surface area contributed by atoms with Gasteiger partial charge in [0.05, 0.1) is 12.8 Å². The zero-order valence-electron chi connectivity index (χ0n) is 15.0. The van der Waals surface area contributed by atoms with Crippen LogP contribution in [0.25, 0.3) is 11.5 Å². The molecule has 8 heteroatoms. The predicted octanol–water partition coefficient (Wildman–Crippen LogP) is 3.16. The summed E-state index contributed by atoms with van der Waals surface area (Å²) >= 11 is 0. The van der Waals surface area contributed by atoms with Crippen LogP contribution in [0.3, 0.4) is 0 Å². The number of aryl methyl sites for hydroxylation is 1. The second-order valence-electron chi connectivity index (χ2n) is 5.99. The third kappa shape index (κ3) is 3.89. The largest absolute Gasteiger partial charge is 0.495 e. The molecule has 1 aromatic heterocycles. The summed E-state index contributed by atoms with van der Waals surface area (Å²) in [6, 6.07) is 9.77. The molecular weight excluding hydrogens is 353 g/mol. The van der Waals surface area contributed by atoms with Crippen molar-refractivity contribution < 1.29 is 18.3 Å². The zero-order valence-corrected chi connectivity index (χ0v) is 15.0. The Morgan fingerprint density at radius 2 is 1.96 bits per heavy atom. The lowest BCUT2D eigenvalue weighted by molar-refractivity contribution is -0.119. The summed E-state index contributed by atoms with van der Waals surface area (Å²) in [5, 5.41) is 6.78. The van der Waals surface area contributed by atoms with Gasteiger partial charge in [0.1, 0.15) is 17.6 Å².